The number of fused-ring (bicyclic) bond motifs is 3. The summed E-state index contributed by atoms with van der Waals surface area (Å²) in [7, 11) is 1.34. The fourth-order valence-electron chi connectivity index (χ4n) is 5.07. The number of likely N-dealkylation sites (tertiary alicyclic amines) is 1. The van der Waals surface area contributed by atoms with Gasteiger partial charge in [-0.25, -0.2) is 9.59 Å². The van der Waals surface area contributed by atoms with Gasteiger partial charge in [0.25, 0.3) is 0 Å². The van der Waals surface area contributed by atoms with Crippen molar-refractivity contribution in [3.8, 4) is 11.1 Å². The molecule has 2 atom stereocenters. The van der Waals surface area contributed by atoms with Crippen LogP contribution in [-0.4, -0.2) is 66.4 Å². The zero-order valence-electron chi connectivity index (χ0n) is 20.2. The largest absolute Gasteiger partial charge is 0.479 e. The summed E-state index contributed by atoms with van der Waals surface area (Å²) in [5.41, 5.74) is 3.10. The van der Waals surface area contributed by atoms with Crippen molar-refractivity contribution in [3.63, 3.8) is 0 Å². The molecule has 1 fully saturated rings. The van der Waals surface area contributed by atoms with Crippen LogP contribution in [0.25, 0.3) is 11.1 Å². The topological polar surface area (TPSA) is 105 Å². The van der Waals surface area contributed by atoms with Crippen LogP contribution in [0.2, 0.25) is 0 Å². The number of nitrogens with zero attached hydrogens (tertiary/aromatic N) is 1. The van der Waals surface area contributed by atoms with Gasteiger partial charge >= 0.3 is 12.1 Å². The van der Waals surface area contributed by atoms with E-state index in [2.05, 4.69) is 17.4 Å². The number of nitrogens with one attached hydrogen (secondary N) is 1. The molecule has 1 aliphatic carbocycles. The number of ether oxygens (including phenoxy) is 2. The molecule has 1 heterocycles. The van der Waals surface area contributed by atoms with Gasteiger partial charge in [-0.15, -0.1) is 0 Å². The van der Waals surface area contributed by atoms with E-state index in [1.165, 1.54) is 12.0 Å². The number of rotatable bonds is 9. The highest BCUT2D eigenvalue weighted by Gasteiger charge is 2.47. The summed E-state index contributed by atoms with van der Waals surface area (Å²) in [5.74, 6) is -1.48. The van der Waals surface area contributed by atoms with E-state index < -0.39 is 23.7 Å². The number of carbonyl (C=O) groups excluding carboxylic acids is 2. The molecule has 186 valence electrons. The maximum absolute atomic E-state index is 13.2. The van der Waals surface area contributed by atoms with Crippen LogP contribution >= 0.6 is 0 Å². The number of alkyl carbamates (subject to hydrolysis) is 1. The van der Waals surface area contributed by atoms with E-state index in [1.54, 1.807) is 0 Å². The Balaban J connectivity index is 1.42. The molecular weight excluding hydrogens is 448 g/mol. The standard InChI is InChI=1S/C27H32N2O6/c1-3-4-13-23(24(30)29-15-14-27(17-29,34-2)25(31)32)28-26(33)35-16-22-20-11-7-5-9-18(20)19-10-6-8-12-21(19)22/h5-12,22-23H,3-4,13-17H2,1-2H3,(H,28,33)(H,31,32)/t23-,27?/m0/s1. The van der Waals surface area contributed by atoms with Crippen molar-refractivity contribution in [3.05, 3.63) is 59.7 Å². The molecular formula is C27H32N2O6. The second-order valence-electron chi connectivity index (χ2n) is 9.18. The number of carboxylic acids is 1. The normalized spacial score (nSPS) is 19.7. The lowest BCUT2D eigenvalue weighted by Gasteiger charge is -2.26. The minimum absolute atomic E-state index is 0.0489. The van der Waals surface area contributed by atoms with E-state index >= 15 is 0 Å². The van der Waals surface area contributed by atoms with Gasteiger partial charge in [-0.2, -0.15) is 0 Å². The fourth-order valence-corrected chi connectivity index (χ4v) is 5.07. The molecule has 2 amide bonds. The number of carboxylic acid groups (broad SMARTS) is 1. The molecule has 4 rings (SSSR count). The van der Waals surface area contributed by atoms with Crippen LogP contribution in [0.3, 0.4) is 0 Å². The van der Waals surface area contributed by atoms with Gasteiger partial charge < -0.3 is 24.8 Å². The predicted molar refractivity (Wildman–Crippen MR) is 130 cm³/mol. The highest BCUT2D eigenvalue weighted by atomic mass is 16.5. The summed E-state index contributed by atoms with van der Waals surface area (Å²) in [6.07, 6.45) is 1.59. The maximum atomic E-state index is 13.2. The first kappa shape index (κ1) is 24.7. The Morgan fingerprint density at radius 1 is 1.11 bits per heavy atom. The average Bonchev–Trinajstić information content (AvgIpc) is 3.46. The van der Waals surface area contributed by atoms with Crippen molar-refractivity contribution in [1.82, 2.24) is 10.2 Å². The lowest BCUT2D eigenvalue weighted by molar-refractivity contribution is -0.161. The molecule has 0 bridgehead atoms. The molecule has 35 heavy (non-hydrogen) atoms. The molecule has 0 aromatic heterocycles. The third-order valence-electron chi connectivity index (χ3n) is 7.10. The van der Waals surface area contributed by atoms with Crippen LogP contribution in [0.4, 0.5) is 4.79 Å². The van der Waals surface area contributed by atoms with Gasteiger partial charge in [-0.05, 0) is 28.7 Å². The van der Waals surface area contributed by atoms with Crippen molar-refractivity contribution in [2.24, 2.45) is 0 Å². The molecule has 0 saturated carbocycles. The second kappa shape index (κ2) is 10.5. The highest BCUT2D eigenvalue weighted by molar-refractivity contribution is 5.88. The van der Waals surface area contributed by atoms with Gasteiger partial charge in [0.1, 0.15) is 12.6 Å². The zero-order chi connectivity index (χ0) is 25.0. The molecule has 1 aliphatic heterocycles. The average molecular weight is 481 g/mol. The summed E-state index contributed by atoms with van der Waals surface area (Å²) in [6, 6.07) is 15.4. The SMILES string of the molecule is CCCC[C@H](NC(=O)OCC1c2ccccc2-c2ccccc21)C(=O)N1CCC(OC)(C(=O)O)C1. The number of benzene rings is 2. The van der Waals surface area contributed by atoms with Crippen molar-refractivity contribution >= 4 is 18.0 Å². The van der Waals surface area contributed by atoms with Crippen LogP contribution in [0.15, 0.2) is 48.5 Å². The fraction of sp³-hybridized carbons (Fsp3) is 0.444. The zero-order valence-corrected chi connectivity index (χ0v) is 20.2. The summed E-state index contributed by atoms with van der Waals surface area (Å²) in [6.45, 7) is 2.37. The monoisotopic (exact) mass is 480 g/mol. The Morgan fingerprint density at radius 2 is 1.74 bits per heavy atom. The molecule has 2 N–H and O–H groups in total. The first-order valence-electron chi connectivity index (χ1n) is 12.1. The predicted octanol–water partition coefficient (Wildman–Crippen LogP) is 3.79. The van der Waals surface area contributed by atoms with Crippen molar-refractivity contribution in [1.29, 1.82) is 0 Å². The van der Waals surface area contributed by atoms with E-state index in [-0.39, 0.29) is 37.9 Å². The molecule has 1 saturated heterocycles. The molecule has 2 aromatic carbocycles. The third-order valence-corrected chi connectivity index (χ3v) is 7.10. The van der Waals surface area contributed by atoms with E-state index in [0.29, 0.717) is 6.42 Å². The summed E-state index contributed by atoms with van der Waals surface area (Å²) < 4.78 is 10.9. The van der Waals surface area contributed by atoms with Crippen molar-refractivity contribution in [2.75, 3.05) is 26.8 Å². The number of carbonyl (C=O) groups is 3. The quantitative estimate of drug-likeness (QED) is 0.566. The number of hydrogen-bond donors (Lipinski definition) is 2. The lowest BCUT2D eigenvalue weighted by atomic mass is 9.98. The Labute approximate surface area is 205 Å². The van der Waals surface area contributed by atoms with Crippen LogP contribution in [-0.2, 0) is 19.1 Å². The lowest BCUT2D eigenvalue weighted by Crippen LogP contribution is -2.50. The molecule has 8 nitrogen and oxygen atoms in total. The van der Waals surface area contributed by atoms with Crippen LogP contribution in [0.5, 0.6) is 0 Å². The van der Waals surface area contributed by atoms with Gasteiger partial charge in [-0.3, -0.25) is 4.79 Å². The highest BCUT2D eigenvalue weighted by Crippen LogP contribution is 2.44. The van der Waals surface area contributed by atoms with Crippen LogP contribution in [0.1, 0.15) is 49.7 Å². The minimum atomic E-state index is -1.41. The maximum Gasteiger partial charge on any atom is 0.407 e. The molecule has 0 radical (unpaired) electrons. The van der Waals surface area contributed by atoms with Gasteiger partial charge in [0.2, 0.25) is 5.91 Å². The van der Waals surface area contributed by atoms with Crippen LogP contribution in [0, 0.1) is 0 Å². The van der Waals surface area contributed by atoms with Crippen molar-refractivity contribution < 1.29 is 29.0 Å². The number of unbranched alkanes of at least 4 members (excludes halogenated alkanes) is 1. The van der Waals surface area contributed by atoms with E-state index in [4.69, 9.17) is 9.47 Å². The Kier molecular flexibility index (Phi) is 7.40. The number of methoxy groups -OCH3 is 1. The van der Waals surface area contributed by atoms with E-state index in [9.17, 15) is 19.5 Å². The van der Waals surface area contributed by atoms with E-state index in [1.807, 2.05) is 43.3 Å². The van der Waals surface area contributed by atoms with E-state index in [0.717, 1.165) is 35.1 Å². The second-order valence-corrected chi connectivity index (χ2v) is 9.18. The summed E-state index contributed by atoms with van der Waals surface area (Å²) >= 11 is 0. The Morgan fingerprint density at radius 3 is 2.29 bits per heavy atom. The Bertz CT molecular complexity index is 1060. The smallest absolute Gasteiger partial charge is 0.407 e. The first-order valence-corrected chi connectivity index (χ1v) is 12.1. The summed E-state index contributed by atoms with van der Waals surface area (Å²) in [4.78, 5) is 39.1. The van der Waals surface area contributed by atoms with Gasteiger partial charge in [0.05, 0.1) is 6.54 Å². The molecule has 1 unspecified atom stereocenters. The molecule has 0 spiro atoms. The number of hydrogen-bond acceptors (Lipinski definition) is 5. The summed E-state index contributed by atoms with van der Waals surface area (Å²) in [5, 5.41) is 12.3. The van der Waals surface area contributed by atoms with Gasteiger partial charge in [-0.1, -0.05) is 68.3 Å². The number of amides is 2. The van der Waals surface area contributed by atoms with Gasteiger partial charge in [0.15, 0.2) is 5.60 Å². The minimum Gasteiger partial charge on any atom is -0.479 e. The van der Waals surface area contributed by atoms with Gasteiger partial charge in [0, 0.05) is 26.0 Å². The Hall–Kier alpha value is -3.39. The van der Waals surface area contributed by atoms with Crippen molar-refractivity contribution in [2.45, 2.75) is 50.2 Å². The third kappa shape index (κ3) is 4.89. The first-order chi connectivity index (χ1) is 16.9. The molecule has 8 heteroatoms. The van der Waals surface area contributed by atoms with Crippen LogP contribution < -0.4 is 5.32 Å². The molecule has 2 aliphatic rings. The number of aliphatic carboxylic acids is 1. The molecule has 2 aromatic rings.